The Morgan fingerprint density at radius 2 is 2.05 bits per heavy atom. The first-order valence-electron chi connectivity index (χ1n) is 7.46. The van der Waals surface area contributed by atoms with Gasteiger partial charge in [-0.15, -0.1) is 10.2 Å². The zero-order chi connectivity index (χ0) is 14.0. The van der Waals surface area contributed by atoms with Crippen molar-refractivity contribution in [1.29, 1.82) is 0 Å². The number of nitrogens with zero attached hydrogens (tertiary/aromatic N) is 3. The lowest BCUT2D eigenvalue weighted by Gasteiger charge is -2.24. The maximum Gasteiger partial charge on any atom is 0.151 e. The lowest BCUT2D eigenvalue weighted by molar-refractivity contribution is 0.341. The topological polar surface area (TPSA) is 76.9 Å². The fourth-order valence-electron chi connectivity index (χ4n) is 3.25. The van der Waals surface area contributed by atoms with E-state index in [-0.39, 0.29) is 11.8 Å². The monoisotopic (exact) mass is 298 g/mol. The molecule has 1 saturated carbocycles. The Labute approximate surface area is 119 Å². The average molecular weight is 298 g/mol. The van der Waals surface area contributed by atoms with E-state index in [0.717, 1.165) is 5.82 Å². The molecule has 1 atom stereocenters. The van der Waals surface area contributed by atoms with Crippen molar-refractivity contribution in [2.45, 2.75) is 57.2 Å². The Bertz CT molecular complexity index is 548. The van der Waals surface area contributed by atoms with Crippen LogP contribution in [0.2, 0.25) is 0 Å². The van der Waals surface area contributed by atoms with E-state index in [9.17, 15) is 8.42 Å². The SMILES string of the molecule is O=S1(=O)CCC(NCc2nncn2C2CCCCC2)C1. The van der Waals surface area contributed by atoms with Crippen LogP contribution >= 0.6 is 0 Å². The summed E-state index contributed by atoms with van der Waals surface area (Å²) < 4.78 is 25.1. The molecule has 0 bridgehead atoms. The lowest BCUT2D eigenvalue weighted by atomic mass is 9.95. The Balaban J connectivity index is 1.59. The van der Waals surface area contributed by atoms with Crippen LogP contribution in [0, 0.1) is 0 Å². The van der Waals surface area contributed by atoms with Gasteiger partial charge in [0, 0.05) is 12.1 Å². The molecule has 3 rings (SSSR count). The van der Waals surface area contributed by atoms with Gasteiger partial charge in [-0.05, 0) is 19.3 Å². The zero-order valence-corrected chi connectivity index (χ0v) is 12.5. The van der Waals surface area contributed by atoms with Crippen molar-refractivity contribution in [1.82, 2.24) is 20.1 Å². The van der Waals surface area contributed by atoms with E-state index in [1.54, 1.807) is 0 Å². The van der Waals surface area contributed by atoms with Crippen LogP contribution in [0.25, 0.3) is 0 Å². The molecule has 1 aromatic rings. The van der Waals surface area contributed by atoms with Gasteiger partial charge in [-0.1, -0.05) is 19.3 Å². The third-order valence-electron chi connectivity index (χ3n) is 4.40. The van der Waals surface area contributed by atoms with Gasteiger partial charge >= 0.3 is 0 Å². The minimum atomic E-state index is -2.82. The highest BCUT2D eigenvalue weighted by Gasteiger charge is 2.28. The number of aromatic nitrogens is 3. The van der Waals surface area contributed by atoms with Crippen molar-refractivity contribution in [3.8, 4) is 0 Å². The third kappa shape index (κ3) is 3.20. The minimum absolute atomic E-state index is 0.0662. The molecule has 7 heteroatoms. The smallest absolute Gasteiger partial charge is 0.151 e. The fourth-order valence-corrected chi connectivity index (χ4v) is 4.96. The van der Waals surface area contributed by atoms with Gasteiger partial charge in [0.15, 0.2) is 9.84 Å². The molecule has 2 heterocycles. The molecule has 1 aliphatic carbocycles. The fraction of sp³-hybridized carbons (Fsp3) is 0.846. The molecule has 1 N–H and O–H groups in total. The van der Waals surface area contributed by atoms with Crippen molar-refractivity contribution in [3.63, 3.8) is 0 Å². The van der Waals surface area contributed by atoms with Crippen LogP contribution in [0.4, 0.5) is 0 Å². The average Bonchev–Trinajstić information content (AvgIpc) is 3.03. The van der Waals surface area contributed by atoms with Crippen molar-refractivity contribution in [3.05, 3.63) is 12.2 Å². The highest BCUT2D eigenvalue weighted by molar-refractivity contribution is 7.91. The van der Waals surface area contributed by atoms with Crippen LogP contribution in [0.15, 0.2) is 6.33 Å². The molecule has 6 nitrogen and oxygen atoms in total. The molecule has 112 valence electrons. The van der Waals surface area contributed by atoms with Gasteiger partial charge < -0.3 is 9.88 Å². The second kappa shape index (κ2) is 5.81. The molecule has 1 unspecified atom stereocenters. The molecular weight excluding hydrogens is 276 g/mol. The summed E-state index contributed by atoms with van der Waals surface area (Å²) in [5, 5.41) is 11.5. The standard InChI is InChI=1S/C13H22N4O2S/c18-20(19)7-6-11(9-20)14-8-13-16-15-10-17(13)12-4-2-1-3-5-12/h10-12,14H,1-9H2. The number of hydrogen-bond acceptors (Lipinski definition) is 5. The van der Waals surface area contributed by atoms with Crippen LogP contribution in [0.3, 0.4) is 0 Å². The molecule has 0 spiro atoms. The first-order chi connectivity index (χ1) is 9.64. The summed E-state index contributed by atoms with van der Waals surface area (Å²) in [6.07, 6.45) is 8.79. The van der Waals surface area contributed by atoms with Crippen LogP contribution in [0.5, 0.6) is 0 Å². The Kier molecular flexibility index (Phi) is 4.07. The van der Waals surface area contributed by atoms with Gasteiger partial charge in [-0.2, -0.15) is 0 Å². The van der Waals surface area contributed by atoms with Gasteiger partial charge in [-0.25, -0.2) is 8.42 Å². The summed E-state index contributed by atoms with van der Waals surface area (Å²) in [5.74, 6) is 1.49. The number of rotatable bonds is 4. The summed E-state index contributed by atoms with van der Waals surface area (Å²) in [7, 11) is -2.82. The number of nitrogens with one attached hydrogen (secondary N) is 1. The summed E-state index contributed by atoms with van der Waals surface area (Å²) in [6, 6.07) is 0.583. The molecule has 0 amide bonds. The van der Waals surface area contributed by atoms with E-state index < -0.39 is 9.84 Å². The Morgan fingerprint density at radius 3 is 2.75 bits per heavy atom. The van der Waals surface area contributed by atoms with Crippen LogP contribution in [-0.2, 0) is 16.4 Å². The first-order valence-corrected chi connectivity index (χ1v) is 9.28. The molecular formula is C13H22N4O2S. The van der Waals surface area contributed by atoms with Gasteiger partial charge in [0.2, 0.25) is 0 Å². The van der Waals surface area contributed by atoms with E-state index in [1.807, 2.05) is 6.33 Å². The number of sulfone groups is 1. The van der Waals surface area contributed by atoms with E-state index in [0.29, 0.717) is 24.8 Å². The second-order valence-electron chi connectivity index (χ2n) is 5.93. The molecule has 0 radical (unpaired) electrons. The minimum Gasteiger partial charge on any atom is -0.313 e. The van der Waals surface area contributed by atoms with Crippen molar-refractivity contribution in [2.24, 2.45) is 0 Å². The Hall–Kier alpha value is -0.950. The van der Waals surface area contributed by atoms with Crippen molar-refractivity contribution < 1.29 is 8.42 Å². The maximum absolute atomic E-state index is 11.4. The molecule has 1 aliphatic heterocycles. The van der Waals surface area contributed by atoms with E-state index in [2.05, 4.69) is 20.1 Å². The summed E-state index contributed by atoms with van der Waals surface area (Å²) >= 11 is 0. The van der Waals surface area contributed by atoms with Gasteiger partial charge in [-0.3, -0.25) is 0 Å². The zero-order valence-electron chi connectivity index (χ0n) is 11.7. The molecule has 1 saturated heterocycles. The number of hydrogen-bond donors (Lipinski definition) is 1. The highest BCUT2D eigenvalue weighted by Crippen LogP contribution is 2.28. The summed E-state index contributed by atoms with van der Waals surface area (Å²) in [4.78, 5) is 0. The normalized spacial score (nSPS) is 26.9. The van der Waals surface area contributed by atoms with Crippen molar-refractivity contribution in [2.75, 3.05) is 11.5 Å². The highest BCUT2D eigenvalue weighted by atomic mass is 32.2. The molecule has 0 aromatic carbocycles. The van der Waals surface area contributed by atoms with Crippen LogP contribution < -0.4 is 5.32 Å². The lowest BCUT2D eigenvalue weighted by Crippen LogP contribution is -2.31. The van der Waals surface area contributed by atoms with Crippen LogP contribution in [0.1, 0.15) is 50.4 Å². The maximum atomic E-state index is 11.4. The molecule has 1 aromatic heterocycles. The van der Waals surface area contributed by atoms with Crippen LogP contribution in [-0.4, -0.2) is 40.7 Å². The van der Waals surface area contributed by atoms with E-state index in [1.165, 1.54) is 32.1 Å². The molecule has 2 aliphatic rings. The Morgan fingerprint density at radius 1 is 1.25 bits per heavy atom. The predicted molar refractivity (Wildman–Crippen MR) is 76.0 cm³/mol. The van der Waals surface area contributed by atoms with Gasteiger partial charge in [0.05, 0.1) is 18.1 Å². The molecule has 20 heavy (non-hydrogen) atoms. The molecule has 2 fully saturated rings. The van der Waals surface area contributed by atoms with Gasteiger partial charge in [0.1, 0.15) is 12.2 Å². The van der Waals surface area contributed by atoms with Crippen molar-refractivity contribution >= 4 is 9.84 Å². The summed E-state index contributed by atoms with van der Waals surface area (Å²) in [5.41, 5.74) is 0. The van der Waals surface area contributed by atoms with Gasteiger partial charge in [0.25, 0.3) is 0 Å². The predicted octanol–water partition coefficient (Wildman–Crippen LogP) is 1.06. The van der Waals surface area contributed by atoms with E-state index in [4.69, 9.17) is 0 Å². The second-order valence-corrected chi connectivity index (χ2v) is 8.16. The largest absolute Gasteiger partial charge is 0.313 e. The summed E-state index contributed by atoms with van der Waals surface area (Å²) in [6.45, 7) is 0.608. The quantitative estimate of drug-likeness (QED) is 0.899. The first kappa shape index (κ1) is 14.0. The third-order valence-corrected chi connectivity index (χ3v) is 6.16. The van der Waals surface area contributed by atoms with E-state index >= 15 is 0 Å².